The van der Waals surface area contributed by atoms with E-state index in [0.29, 0.717) is 24.1 Å². The number of esters is 1. The number of likely N-dealkylation sites (tertiary alicyclic amines) is 1. The first-order valence-corrected chi connectivity index (χ1v) is 16.4. The van der Waals surface area contributed by atoms with Crippen LogP contribution in [-0.4, -0.2) is 93.5 Å². The molecule has 10 nitrogen and oxygen atoms in total. The molecule has 10 heteroatoms. The zero-order chi connectivity index (χ0) is 33.5. The van der Waals surface area contributed by atoms with E-state index in [2.05, 4.69) is 0 Å². The number of ether oxygens (including phenoxy) is 2. The summed E-state index contributed by atoms with van der Waals surface area (Å²) in [7, 11) is 1.70. The van der Waals surface area contributed by atoms with Crippen LogP contribution in [0.1, 0.15) is 56.9 Å². The molecule has 47 heavy (non-hydrogen) atoms. The normalized spacial score (nSPS) is 32.6. The first-order chi connectivity index (χ1) is 22.6. The van der Waals surface area contributed by atoms with E-state index in [4.69, 9.17) is 9.47 Å². The van der Waals surface area contributed by atoms with Gasteiger partial charge < -0.3 is 29.3 Å². The van der Waals surface area contributed by atoms with Crippen LogP contribution in [0.15, 0.2) is 85.0 Å². The van der Waals surface area contributed by atoms with E-state index in [1.54, 1.807) is 35.1 Å². The van der Waals surface area contributed by atoms with Crippen LogP contribution in [0, 0.1) is 11.8 Å². The fourth-order valence-corrected chi connectivity index (χ4v) is 7.67. The predicted molar refractivity (Wildman–Crippen MR) is 173 cm³/mol. The summed E-state index contributed by atoms with van der Waals surface area (Å²) >= 11 is 0. The Morgan fingerprint density at radius 1 is 0.957 bits per heavy atom. The van der Waals surface area contributed by atoms with Crippen molar-refractivity contribution in [2.24, 2.45) is 11.8 Å². The van der Waals surface area contributed by atoms with E-state index in [1.165, 1.54) is 4.90 Å². The van der Waals surface area contributed by atoms with E-state index < -0.39 is 66.3 Å². The number of carbonyl (C=O) groups excluding carboxylic acids is 4. The predicted octanol–water partition coefficient (Wildman–Crippen LogP) is 3.59. The van der Waals surface area contributed by atoms with Crippen LogP contribution >= 0.6 is 0 Å². The lowest BCUT2D eigenvalue weighted by Gasteiger charge is -2.39. The van der Waals surface area contributed by atoms with E-state index >= 15 is 0 Å². The number of benzene rings is 2. The Hall–Kier alpha value is -4.28. The van der Waals surface area contributed by atoms with Crippen molar-refractivity contribution in [3.8, 4) is 0 Å². The monoisotopic (exact) mass is 641 g/mol. The smallest absolute Gasteiger partial charge is 0.313 e. The highest BCUT2D eigenvalue weighted by Gasteiger charge is 2.72. The zero-order valence-electron chi connectivity index (χ0n) is 27.3. The highest BCUT2D eigenvalue weighted by Crippen LogP contribution is 2.55. The van der Waals surface area contributed by atoms with Gasteiger partial charge in [-0.15, -0.1) is 0 Å². The molecule has 0 saturated carbocycles. The van der Waals surface area contributed by atoms with Gasteiger partial charge in [-0.25, -0.2) is 0 Å². The largest absolute Gasteiger partial charge is 0.455 e. The lowest BCUT2D eigenvalue weighted by Crippen LogP contribution is -2.57. The molecule has 4 heterocycles. The average Bonchev–Trinajstić information content (AvgIpc) is 3.46. The van der Waals surface area contributed by atoms with Gasteiger partial charge in [-0.3, -0.25) is 19.2 Å². The molecule has 4 aliphatic heterocycles. The number of nitrogens with zero attached hydrogens (tertiary/aromatic N) is 3. The van der Waals surface area contributed by atoms with Gasteiger partial charge in [0.15, 0.2) is 0 Å². The third-order valence-corrected chi connectivity index (χ3v) is 10.2. The van der Waals surface area contributed by atoms with Crippen molar-refractivity contribution in [2.45, 2.75) is 75.6 Å². The number of carbonyl (C=O) groups is 4. The highest BCUT2D eigenvalue weighted by atomic mass is 16.6. The van der Waals surface area contributed by atoms with Gasteiger partial charge in [0, 0.05) is 26.1 Å². The van der Waals surface area contributed by atoms with Gasteiger partial charge in [0.2, 0.25) is 17.7 Å². The molecule has 3 amide bonds. The third-order valence-electron chi connectivity index (χ3n) is 10.2. The topological polar surface area (TPSA) is 117 Å². The summed E-state index contributed by atoms with van der Waals surface area (Å²) in [5.41, 5.74) is -0.122. The number of likely N-dealkylation sites (N-methyl/N-ethyl adjacent to an activating group) is 1. The number of hydrogen-bond acceptors (Lipinski definition) is 7. The minimum absolute atomic E-state index is 0.0908. The molecule has 2 aromatic carbocycles. The maximum atomic E-state index is 14.9. The minimum Gasteiger partial charge on any atom is -0.455 e. The second-order valence-electron chi connectivity index (χ2n) is 13.2. The van der Waals surface area contributed by atoms with E-state index in [1.807, 2.05) is 87.5 Å². The maximum absolute atomic E-state index is 14.9. The molecule has 8 atom stereocenters. The van der Waals surface area contributed by atoms with Crippen LogP contribution < -0.4 is 0 Å². The van der Waals surface area contributed by atoms with Crippen molar-refractivity contribution in [3.63, 3.8) is 0 Å². The fourth-order valence-electron chi connectivity index (χ4n) is 7.67. The molecular formula is C37H43N3O7. The van der Waals surface area contributed by atoms with Crippen LogP contribution in [0.25, 0.3) is 0 Å². The number of fused-ring (bicyclic) bond motifs is 2. The van der Waals surface area contributed by atoms with E-state index in [0.717, 1.165) is 0 Å². The molecule has 0 aromatic heterocycles. The molecule has 248 valence electrons. The van der Waals surface area contributed by atoms with Crippen molar-refractivity contribution >= 4 is 23.7 Å². The van der Waals surface area contributed by atoms with Gasteiger partial charge >= 0.3 is 5.97 Å². The summed E-state index contributed by atoms with van der Waals surface area (Å²) in [5, 5.41) is 10.8. The molecule has 6 rings (SSSR count). The first kappa shape index (κ1) is 32.7. The van der Waals surface area contributed by atoms with Crippen molar-refractivity contribution < 1.29 is 33.8 Å². The molecule has 2 fully saturated rings. The summed E-state index contributed by atoms with van der Waals surface area (Å²) in [6.07, 6.45) is 6.08. The van der Waals surface area contributed by atoms with Crippen LogP contribution in [0.2, 0.25) is 0 Å². The molecule has 0 radical (unpaired) electrons. The number of hydrogen-bond donors (Lipinski definition) is 1. The Morgan fingerprint density at radius 3 is 2.30 bits per heavy atom. The standard InChI is InChI=1S/C37H43N3O7/c1-23(2)39-21-13-20-37-31(34(43)40(33(37)35(39)44)27(22-41)25-14-7-5-8-15-25)30-28(47-37)18-11-12-19-29(42)38(4)24(3)32(46-36(30)45)26-16-9-6-10-17-26/h5-11,13-18,20,23-24,27-28,30-33,41H,12,19,21-22H2,1-4H3/b18-11-/t24-,27-,28-,30+,31+,32+,33-,37+/m1/s1. The van der Waals surface area contributed by atoms with Crippen LogP contribution in [0.4, 0.5) is 0 Å². The number of aliphatic hydroxyl groups excluding tert-OH is 1. The maximum Gasteiger partial charge on any atom is 0.313 e. The Bertz CT molecular complexity index is 1560. The van der Waals surface area contributed by atoms with Crippen molar-refractivity contribution in [3.05, 3.63) is 96.1 Å². The second kappa shape index (κ2) is 13.1. The van der Waals surface area contributed by atoms with E-state index in [-0.39, 0.29) is 24.3 Å². The summed E-state index contributed by atoms with van der Waals surface area (Å²) in [5.74, 6) is -3.70. The van der Waals surface area contributed by atoms with Gasteiger partial charge in [-0.1, -0.05) is 85.0 Å². The third kappa shape index (κ3) is 5.57. The SMILES string of the molecule is CC(C)N1CC=C[C@]23O[C@@H]4/C=C\CCC(=O)N(C)[C@H](C)[C@@H](c5ccccc5)OC(=O)[C@@H]4[C@H]2C(=O)N([C@H](CO)c2ccccc2)[C@@H]3C1=O. The number of aliphatic hydroxyl groups is 1. The summed E-state index contributed by atoms with van der Waals surface area (Å²) < 4.78 is 13.1. The first-order valence-electron chi connectivity index (χ1n) is 16.4. The molecule has 1 spiro atoms. The van der Waals surface area contributed by atoms with Crippen LogP contribution in [0.5, 0.6) is 0 Å². The molecule has 0 bridgehead atoms. The number of amides is 3. The number of allylic oxidation sites excluding steroid dienone is 1. The fraction of sp³-hybridized carbons (Fsp3) is 0.459. The quantitative estimate of drug-likeness (QED) is 0.392. The average molecular weight is 642 g/mol. The molecule has 0 unspecified atom stereocenters. The molecule has 2 saturated heterocycles. The van der Waals surface area contributed by atoms with Gasteiger partial charge in [0.25, 0.3) is 0 Å². The Morgan fingerprint density at radius 2 is 1.64 bits per heavy atom. The zero-order valence-corrected chi connectivity index (χ0v) is 27.3. The van der Waals surface area contributed by atoms with Gasteiger partial charge in [0.1, 0.15) is 23.7 Å². The number of cyclic esters (lactones) is 1. The number of rotatable bonds is 5. The lowest BCUT2D eigenvalue weighted by atomic mass is 9.77. The Balaban J connectivity index is 1.49. The minimum atomic E-state index is -1.50. The lowest BCUT2D eigenvalue weighted by molar-refractivity contribution is -0.164. The molecule has 0 aliphatic carbocycles. The highest BCUT2D eigenvalue weighted by molar-refractivity contribution is 5.99. The molecule has 2 aromatic rings. The Kier molecular flexibility index (Phi) is 9.09. The molecule has 4 aliphatic rings. The second-order valence-corrected chi connectivity index (χ2v) is 13.2. The van der Waals surface area contributed by atoms with Crippen molar-refractivity contribution in [2.75, 3.05) is 20.2 Å². The van der Waals surface area contributed by atoms with E-state index in [9.17, 15) is 24.3 Å². The van der Waals surface area contributed by atoms with Gasteiger partial charge in [-0.05, 0) is 38.3 Å². The van der Waals surface area contributed by atoms with Crippen LogP contribution in [0.3, 0.4) is 0 Å². The van der Waals surface area contributed by atoms with Crippen molar-refractivity contribution in [1.29, 1.82) is 0 Å². The molecular weight excluding hydrogens is 598 g/mol. The van der Waals surface area contributed by atoms with Crippen LogP contribution in [-0.2, 0) is 28.7 Å². The van der Waals surface area contributed by atoms with Crippen molar-refractivity contribution in [1.82, 2.24) is 14.7 Å². The summed E-state index contributed by atoms with van der Waals surface area (Å²) in [4.78, 5) is 61.8. The van der Waals surface area contributed by atoms with Gasteiger partial charge in [-0.2, -0.15) is 0 Å². The molecule has 1 N–H and O–H groups in total. The summed E-state index contributed by atoms with van der Waals surface area (Å²) in [6, 6.07) is 15.7. The Labute approximate surface area is 275 Å². The summed E-state index contributed by atoms with van der Waals surface area (Å²) in [6.45, 7) is 5.54. The van der Waals surface area contributed by atoms with Gasteiger partial charge in [0.05, 0.1) is 30.7 Å².